The molecule has 0 saturated heterocycles. The number of carbonyl (C=O) groups excluding carboxylic acids is 1. The molecule has 6 heteroatoms. The van der Waals surface area contributed by atoms with Crippen LogP contribution in [0.15, 0.2) is 54.7 Å². The van der Waals surface area contributed by atoms with Crippen LogP contribution in [0.4, 0.5) is 11.4 Å². The summed E-state index contributed by atoms with van der Waals surface area (Å²) in [5.41, 5.74) is 9.53. The second kappa shape index (κ2) is 8.90. The van der Waals surface area contributed by atoms with Crippen molar-refractivity contribution in [3.8, 4) is 11.1 Å². The minimum absolute atomic E-state index is 0.300. The number of aromatic nitrogens is 3. The van der Waals surface area contributed by atoms with E-state index < -0.39 is 0 Å². The number of nitrogen functional groups attached to an aromatic ring is 1. The Bertz CT molecular complexity index is 960. The summed E-state index contributed by atoms with van der Waals surface area (Å²) < 4.78 is 1.77. The molecular weight excluding hydrogens is 362 g/mol. The number of rotatable bonds is 6. The predicted molar refractivity (Wildman–Crippen MR) is 115 cm³/mol. The van der Waals surface area contributed by atoms with Crippen LogP contribution in [0, 0.1) is 5.92 Å². The van der Waals surface area contributed by atoms with Gasteiger partial charge in [-0.25, -0.2) is 0 Å². The number of amides is 1. The van der Waals surface area contributed by atoms with E-state index in [9.17, 15) is 4.79 Å². The maximum atomic E-state index is 12.7. The van der Waals surface area contributed by atoms with E-state index in [2.05, 4.69) is 15.6 Å². The minimum Gasteiger partial charge on any atom is -0.397 e. The SMILES string of the molecule is Nc1ccc(-c2ccccc2)cc1NC(=O)c1cn(CCC2CCCCC2)nn1. The van der Waals surface area contributed by atoms with Gasteiger partial charge in [0.15, 0.2) is 5.69 Å². The summed E-state index contributed by atoms with van der Waals surface area (Å²) in [6, 6.07) is 15.6. The van der Waals surface area contributed by atoms with Crippen molar-refractivity contribution >= 4 is 17.3 Å². The molecular formula is C23H27N5O. The van der Waals surface area contributed by atoms with E-state index in [1.54, 1.807) is 16.9 Å². The van der Waals surface area contributed by atoms with Gasteiger partial charge in [0.2, 0.25) is 0 Å². The summed E-state index contributed by atoms with van der Waals surface area (Å²) in [5.74, 6) is 0.469. The Morgan fingerprint density at radius 3 is 2.66 bits per heavy atom. The van der Waals surface area contributed by atoms with Crippen LogP contribution in [0.5, 0.6) is 0 Å². The molecule has 150 valence electrons. The van der Waals surface area contributed by atoms with Gasteiger partial charge in [-0.2, -0.15) is 0 Å². The second-order valence-corrected chi connectivity index (χ2v) is 7.78. The standard InChI is InChI=1S/C23H27N5O/c24-20-12-11-19(18-9-5-2-6-10-18)15-21(20)25-23(29)22-16-28(27-26-22)14-13-17-7-3-1-4-8-17/h2,5-6,9-12,15-17H,1,3-4,7-8,13-14,24H2,(H,25,29). The minimum atomic E-state index is -0.300. The van der Waals surface area contributed by atoms with Crippen molar-refractivity contribution in [2.24, 2.45) is 5.92 Å². The van der Waals surface area contributed by atoms with Crippen LogP contribution in [-0.2, 0) is 6.54 Å². The van der Waals surface area contributed by atoms with Gasteiger partial charge in [-0.1, -0.05) is 73.7 Å². The Morgan fingerprint density at radius 2 is 1.86 bits per heavy atom. The number of aryl methyl sites for hydroxylation is 1. The van der Waals surface area contributed by atoms with E-state index in [0.29, 0.717) is 17.1 Å². The molecule has 0 bridgehead atoms. The average molecular weight is 390 g/mol. The van der Waals surface area contributed by atoms with Crippen molar-refractivity contribution in [3.05, 3.63) is 60.4 Å². The number of benzene rings is 2. The fourth-order valence-corrected chi connectivity index (χ4v) is 3.96. The van der Waals surface area contributed by atoms with Gasteiger partial charge in [-0.3, -0.25) is 9.48 Å². The Morgan fingerprint density at radius 1 is 1.07 bits per heavy atom. The molecule has 4 rings (SSSR count). The molecule has 3 aromatic rings. The third-order valence-corrected chi connectivity index (χ3v) is 5.67. The van der Waals surface area contributed by atoms with Crippen molar-refractivity contribution in [2.75, 3.05) is 11.1 Å². The molecule has 1 saturated carbocycles. The van der Waals surface area contributed by atoms with Gasteiger partial charge < -0.3 is 11.1 Å². The number of hydrogen-bond acceptors (Lipinski definition) is 4. The Kier molecular flexibility index (Phi) is 5.89. The van der Waals surface area contributed by atoms with Gasteiger partial charge in [-0.05, 0) is 35.6 Å². The van der Waals surface area contributed by atoms with Crippen LogP contribution in [0.25, 0.3) is 11.1 Å². The lowest BCUT2D eigenvalue weighted by molar-refractivity contribution is 0.102. The van der Waals surface area contributed by atoms with Crippen molar-refractivity contribution in [3.63, 3.8) is 0 Å². The van der Waals surface area contributed by atoms with Crippen LogP contribution in [0.2, 0.25) is 0 Å². The third-order valence-electron chi connectivity index (χ3n) is 5.67. The lowest BCUT2D eigenvalue weighted by Gasteiger charge is -2.20. The van der Waals surface area contributed by atoms with Crippen LogP contribution < -0.4 is 11.1 Å². The average Bonchev–Trinajstić information content (AvgIpc) is 3.24. The first kappa shape index (κ1) is 19.2. The molecule has 3 N–H and O–H groups in total. The van der Waals surface area contributed by atoms with Gasteiger partial charge in [0.05, 0.1) is 17.6 Å². The highest BCUT2D eigenvalue weighted by molar-refractivity contribution is 6.04. The first-order chi connectivity index (χ1) is 14.2. The molecule has 1 aliphatic carbocycles. The van der Waals surface area contributed by atoms with E-state index >= 15 is 0 Å². The summed E-state index contributed by atoms with van der Waals surface area (Å²) >= 11 is 0. The summed E-state index contributed by atoms with van der Waals surface area (Å²) in [5, 5.41) is 11.0. The van der Waals surface area contributed by atoms with Crippen molar-refractivity contribution < 1.29 is 4.79 Å². The lowest BCUT2D eigenvalue weighted by atomic mass is 9.87. The zero-order chi connectivity index (χ0) is 20.1. The molecule has 0 spiro atoms. The Labute approximate surface area is 171 Å². The number of hydrogen-bond donors (Lipinski definition) is 2. The summed E-state index contributed by atoms with van der Waals surface area (Å²) in [6.45, 7) is 0.802. The van der Waals surface area contributed by atoms with E-state index in [-0.39, 0.29) is 5.91 Å². The molecule has 1 fully saturated rings. The molecule has 1 amide bonds. The lowest BCUT2D eigenvalue weighted by Crippen LogP contribution is -2.14. The van der Waals surface area contributed by atoms with Gasteiger partial charge in [0, 0.05) is 6.54 Å². The smallest absolute Gasteiger partial charge is 0.277 e. The third kappa shape index (κ3) is 4.83. The maximum absolute atomic E-state index is 12.7. The zero-order valence-electron chi connectivity index (χ0n) is 16.6. The van der Waals surface area contributed by atoms with E-state index in [1.807, 2.05) is 42.5 Å². The van der Waals surface area contributed by atoms with Crippen molar-refractivity contribution in [2.45, 2.75) is 45.1 Å². The number of nitrogens with zero attached hydrogens (tertiary/aromatic N) is 3. The molecule has 0 radical (unpaired) electrons. The highest BCUT2D eigenvalue weighted by Crippen LogP contribution is 2.28. The quantitative estimate of drug-likeness (QED) is 0.596. The summed E-state index contributed by atoms with van der Waals surface area (Å²) in [7, 11) is 0. The number of anilines is 2. The Hall–Kier alpha value is -3.15. The Balaban J connectivity index is 1.41. The second-order valence-electron chi connectivity index (χ2n) is 7.78. The summed E-state index contributed by atoms with van der Waals surface area (Å²) in [6.07, 6.45) is 9.45. The van der Waals surface area contributed by atoms with E-state index in [4.69, 9.17) is 5.73 Å². The van der Waals surface area contributed by atoms with Crippen molar-refractivity contribution in [1.29, 1.82) is 0 Å². The molecule has 1 heterocycles. The van der Waals surface area contributed by atoms with E-state index in [0.717, 1.165) is 30.0 Å². The fraction of sp³-hybridized carbons (Fsp3) is 0.348. The van der Waals surface area contributed by atoms with Crippen molar-refractivity contribution in [1.82, 2.24) is 15.0 Å². The van der Waals surface area contributed by atoms with E-state index in [1.165, 1.54) is 32.1 Å². The summed E-state index contributed by atoms with van der Waals surface area (Å²) in [4.78, 5) is 12.7. The fourth-order valence-electron chi connectivity index (χ4n) is 3.96. The van der Waals surface area contributed by atoms with Gasteiger partial charge in [0.1, 0.15) is 0 Å². The highest BCUT2D eigenvalue weighted by Gasteiger charge is 2.16. The van der Waals surface area contributed by atoms with Gasteiger partial charge in [-0.15, -0.1) is 5.10 Å². The molecule has 0 aliphatic heterocycles. The normalized spacial score (nSPS) is 14.6. The molecule has 6 nitrogen and oxygen atoms in total. The predicted octanol–water partition coefficient (Wildman–Crippen LogP) is 4.75. The number of carbonyl (C=O) groups is 1. The highest BCUT2D eigenvalue weighted by atomic mass is 16.2. The largest absolute Gasteiger partial charge is 0.397 e. The van der Waals surface area contributed by atoms with Crippen LogP contribution in [-0.4, -0.2) is 20.9 Å². The topological polar surface area (TPSA) is 85.8 Å². The first-order valence-electron chi connectivity index (χ1n) is 10.4. The molecule has 1 aromatic heterocycles. The molecule has 1 aliphatic rings. The van der Waals surface area contributed by atoms with Gasteiger partial charge in [0.25, 0.3) is 5.91 Å². The zero-order valence-corrected chi connectivity index (χ0v) is 16.6. The van der Waals surface area contributed by atoms with Crippen LogP contribution >= 0.6 is 0 Å². The first-order valence-corrected chi connectivity index (χ1v) is 10.4. The number of nitrogens with one attached hydrogen (secondary N) is 1. The van der Waals surface area contributed by atoms with Gasteiger partial charge >= 0.3 is 0 Å². The molecule has 0 unspecified atom stereocenters. The molecule has 0 atom stereocenters. The number of nitrogens with two attached hydrogens (primary N) is 1. The molecule has 29 heavy (non-hydrogen) atoms. The monoisotopic (exact) mass is 389 g/mol. The maximum Gasteiger partial charge on any atom is 0.277 e. The van der Waals surface area contributed by atoms with Crippen LogP contribution in [0.1, 0.15) is 49.0 Å². The van der Waals surface area contributed by atoms with Crippen LogP contribution in [0.3, 0.4) is 0 Å². The molecule has 2 aromatic carbocycles.